The van der Waals surface area contributed by atoms with Crippen LogP contribution in [0.2, 0.25) is 10.0 Å². The van der Waals surface area contributed by atoms with E-state index in [9.17, 15) is 4.79 Å². The SMILES string of the molecule is COC(=O)C1CCc2nnc(-c3cc(Cl)ccc3Cl)n2C1. The van der Waals surface area contributed by atoms with Crippen LogP contribution in [0.4, 0.5) is 0 Å². The van der Waals surface area contributed by atoms with Crippen molar-refractivity contribution < 1.29 is 9.53 Å². The minimum Gasteiger partial charge on any atom is -0.469 e. The van der Waals surface area contributed by atoms with Crippen molar-refractivity contribution in [1.82, 2.24) is 14.8 Å². The standard InChI is InChI=1S/C14H13Cl2N3O2/c1-21-14(20)8-2-5-12-17-18-13(19(12)7-8)10-6-9(15)3-4-11(10)16/h3-4,6,8H,2,5,7H2,1H3. The highest BCUT2D eigenvalue weighted by atomic mass is 35.5. The van der Waals surface area contributed by atoms with Gasteiger partial charge in [0.05, 0.1) is 18.1 Å². The van der Waals surface area contributed by atoms with Crippen LogP contribution in [0.15, 0.2) is 18.2 Å². The fraction of sp³-hybridized carbons (Fsp3) is 0.357. The van der Waals surface area contributed by atoms with Crippen molar-refractivity contribution in [1.29, 1.82) is 0 Å². The van der Waals surface area contributed by atoms with Gasteiger partial charge in [-0.15, -0.1) is 10.2 Å². The summed E-state index contributed by atoms with van der Waals surface area (Å²) >= 11 is 12.3. The van der Waals surface area contributed by atoms with E-state index < -0.39 is 0 Å². The van der Waals surface area contributed by atoms with Crippen LogP contribution in [0.5, 0.6) is 0 Å². The maximum atomic E-state index is 11.7. The van der Waals surface area contributed by atoms with Crippen LogP contribution in [0.3, 0.4) is 0 Å². The maximum Gasteiger partial charge on any atom is 0.310 e. The maximum absolute atomic E-state index is 11.7. The summed E-state index contributed by atoms with van der Waals surface area (Å²) in [5.74, 6) is 1.08. The molecular weight excluding hydrogens is 313 g/mol. The van der Waals surface area contributed by atoms with Crippen molar-refractivity contribution in [3.8, 4) is 11.4 Å². The van der Waals surface area contributed by atoms with Gasteiger partial charge in [0.15, 0.2) is 5.82 Å². The van der Waals surface area contributed by atoms with Gasteiger partial charge in [0, 0.05) is 23.6 Å². The molecule has 2 heterocycles. The summed E-state index contributed by atoms with van der Waals surface area (Å²) in [4.78, 5) is 11.7. The zero-order valence-corrected chi connectivity index (χ0v) is 12.9. The topological polar surface area (TPSA) is 57.0 Å². The molecule has 0 spiro atoms. The number of methoxy groups -OCH3 is 1. The van der Waals surface area contributed by atoms with Gasteiger partial charge in [-0.1, -0.05) is 23.2 Å². The van der Waals surface area contributed by atoms with Crippen molar-refractivity contribution >= 4 is 29.2 Å². The highest BCUT2D eigenvalue weighted by Gasteiger charge is 2.29. The molecule has 0 saturated carbocycles. The van der Waals surface area contributed by atoms with Gasteiger partial charge < -0.3 is 9.30 Å². The van der Waals surface area contributed by atoms with Gasteiger partial charge in [-0.2, -0.15) is 0 Å². The Morgan fingerprint density at radius 3 is 2.95 bits per heavy atom. The summed E-state index contributed by atoms with van der Waals surface area (Å²) in [6, 6.07) is 5.20. The normalized spacial score (nSPS) is 17.4. The number of aromatic nitrogens is 3. The fourth-order valence-corrected chi connectivity index (χ4v) is 2.93. The van der Waals surface area contributed by atoms with E-state index in [1.807, 2.05) is 4.57 Å². The van der Waals surface area contributed by atoms with E-state index in [-0.39, 0.29) is 11.9 Å². The minimum atomic E-state index is -0.211. The first kappa shape index (κ1) is 14.4. The van der Waals surface area contributed by atoms with Crippen LogP contribution in [0, 0.1) is 5.92 Å². The van der Waals surface area contributed by atoms with Crippen LogP contribution in [-0.4, -0.2) is 27.8 Å². The predicted molar refractivity (Wildman–Crippen MR) is 79.3 cm³/mol. The molecule has 2 aromatic rings. The molecule has 1 aromatic carbocycles. The number of hydrogen-bond acceptors (Lipinski definition) is 4. The number of nitrogens with zero attached hydrogens (tertiary/aromatic N) is 3. The van der Waals surface area contributed by atoms with Gasteiger partial charge in [-0.3, -0.25) is 4.79 Å². The number of esters is 1. The summed E-state index contributed by atoms with van der Waals surface area (Å²) < 4.78 is 6.75. The highest BCUT2D eigenvalue weighted by molar-refractivity contribution is 6.35. The van der Waals surface area contributed by atoms with E-state index in [4.69, 9.17) is 27.9 Å². The summed E-state index contributed by atoms with van der Waals surface area (Å²) in [5.41, 5.74) is 0.716. The zero-order chi connectivity index (χ0) is 15.0. The number of carbonyl (C=O) groups is 1. The Kier molecular flexibility index (Phi) is 3.87. The van der Waals surface area contributed by atoms with Crippen LogP contribution in [0.25, 0.3) is 11.4 Å². The summed E-state index contributed by atoms with van der Waals surface area (Å²) in [7, 11) is 1.40. The molecule has 1 aliphatic rings. The molecule has 0 amide bonds. The number of hydrogen-bond donors (Lipinski definition) is 0. The Hall–Kier alpha value is -1.59. The molecule has 1 aromatic heterocycles. The average molecular weight is 326 g/mol. The second-order valence-electron chi connectivity index (χ2n) is 4.93. The number of carbonyl (C=O) groups excluding carboxylic acids is 1. The van der Waals surface area contributed by atoms with Gasteiger partial charge in [-0.05, 0) is 24.6 Å². The number of fused-ring (bicyclic) bond motifs is 1. The van der Waals surface area contributed by atoms with Crippen molar-refractivity contribution in [3.63, 3.8) is 0 Å². The molecule has 3 rings (SSSR count). The average Bonchev–Trinajstić information content (AvgIpc) is 2.91. The smallest absolute Gasteiger partial charge is 0.310 e. The van der Waals surface area contributed by atoms with E-state index in [0.29, 0.717) is 40.8 Å². The number of ether oxygens (including phenoxy) is 1. The second kappa shape index (κ2) is 5.66. The minimum absolute atomic E-state index is 0.185. The quantitative estimate of drug-likeness (QED) is 0.796. The molecule has 0 aliphatic carbocycles. The van der Waals surface area contributed by atoms with Crippen molar-refractivity contribution in [3.05, 3.63) is 34.1 Å². The molecule has 7 heteroatoms. The van der Waals surface area contributed by atoms with Gasteiger partial charge in [0.25, 0.3) is 0 Å². The Labute approximate surface area is 131 Å². The zero-order valence-electron chi connectivity index (χ0n) is 11.3. The lowest BCUT2D eigenvalue weighted by molar-refractivity contribution is -0.146. The molecule has 1 atom stereocenters. The summed E-state index contributed by atoms with van der Waals surface area (Å²) in [6.45, 7) is 0.493. The van der Waals surface area contributed by atoms with Crippen LogP contribution < -0.4 is 0 Å². The van der Waals surface area contributed by atoms with E-state index in [1.54, 1.807) is 18.2 Å². The third-order valence-corrected chi connectivity index (χ3v) is 4.22. The number of halogens is 2. The number of rotatable bonds is 2. The Morgan fingerprint density at radius 1 is 1.38 bits per heavy atom. The van der Waals surface area contributed by atoms with Crippen LogP contribution in [0.1, 0.15) is 12.2 Å². The molecule has 0 saturated heterocycles. The molecule has 0 N–H and O–H groups in total. The summed E-state index contributed by atoms with van der Waals surface area (Å²) in [6.07, 6.45) is 1.40. The molecule has 0 fully saturated rings. The van der Waals surface area contributed by atoms with Gasteiger partial charge in [0.2, 0.25) is 0 Å². The van der Waals surface area contributed by atoms with Gasteiger partial charge in [-0.25, -0.2) is 0 Å². The monoisotopic (exact) mass is 325 g/mol. The first-order valence-corrected chi connectivity index (χ1v) is 7.31. The lowest BCUT2D eigenvalue weighted by Gasteiger charge is -2.22. The third kappa shape index (κ3) is 2.63. The molecule has 0 bridgehead atoms. The van der Waals surface area contributed by atoms with Crippen molar-refractivity contribution in [2.24, 2.45) is 5.92 Å². The molecule has 21 heavy (non-hydrogen) atoms. The molecule has 110 valence electrons. The molecule has 0 radical (unpaired) electrons. The van der Waals surface area contributed by atoms with E-state index in [2.05, 4.69) is 10.2 Å². The first-order valence-electron chi connectivity index (χ1n) is 6.55. The second-order valence-corrected chi connectivity index (χ2v) is 5.78. The highest BCUT2D eigenvalue weighted by Crippen LogP contribution is 2.32. The Balaban J connectivity index is 2.02. The number of benzene rings is 1. The van der Waals surface area contributed by atoms with E-state index in [1.165, 1.54) is 7.11 Å². The lowest BCUT2D eigenvalue weighted by Crippen LogP contribution is -2.28. The Morgan fingerprint density at radius 2 is 2.19 bits per heavy atom. The third-order valence-electron chi connectivity index (χ3n) is 3.65. The van der Waals surface area contributed by atoms with Gasteiger partial charge >= 0.3 is 5.97 Å². The van der Waals surface area contributed by atoms with Crippen molar-refractivity contribution in [2.75, 3.05) is 7.11 Å². The summed E-state index contributed by atoms with van der Waals surface area (Å²) in [5, 5.41) is 9.52. The van der Waals surface area contributed by atoms with Crippen molar-refractivity contribution in [2.45, 2.75) is 19.4 Å². The van der Waals surface area contributed by atoms with Crippen LogP contribution in [-0.2, 0) is 22.5 Å². The lowest BCUT2D eigenvalue weighted by atomic mass is 9.99. The van der Waals surface area contributed by atoms with E-state index in [0.717, 1.165) is 5.82 Å². The Bertz CT molecular complexity index is 700. The fourth-order valence-electron chi connectivity index (χ4n) is 2.55. The first-order chi connectivity index (χ1) is 10.1. The molecular formula is C14H13Cl2N3O2. The largest absolute Gasteiger partial charge is 0.469 e. The molecule has 5 nitrogen and oxygen atoms in total. The number of aryl methyl sites for hydroxylation is 1. The van der Waals surface area contributed by atoms with E-state index >= 15 is 0 Å². The van der Waals surface area contributed by atoms with Crippen LogP contribution >= 0.6 is 23.2 Å². The van der Waals surface area contributed by atoms with Gasteiger partial charge in [0.1, 0.15) is 5.82 Å². The predicted octanol–water partition coefficient (Wildman–Crippen LogP) is 2.99. The molecule has 1 unspecified atom stereocenters. The molecule has 1 aliphatic heterocycles.